The molecule has 0 spiro atoms. The van der Waals surface area contributed by atoms with Crippen LogP contribution in [-0.2, 0) is 11.3 Å². The summed E-state index contributed by atoms with van der Waals surface area (Å²) in [5.41, 5.74) is 2.17. The SMILES string of the molecule is COc1ccc(C=CC(=O)NCCCN(C)Cc2ccccc2)cc1OC. The molecule has 0 radical (unpaired) electrons. The van der Waals surface area contributed by atoms with Gasteiger partial charge in [0.05, 0.1) is 14.2 Å². The molecule has 0 bridgehead atoms. The van der Waals surface area contributed by atoms with E-state index in [9.17, 15) is 4.79 Å². The van der Waals surface area contributed by atoms with Gasteiger partial charge in [-0.2, -0.15) is 0 Å². The highest BCUT2D eigenvalue weighted by atomic mass is 16.5. The summed E-state index contributed by atoms with van der Waals surface area (Å²) in [6.45, 7) is 2.48. The Morgan fingerprint density at radius 1 is 1.07 bits per heavy atom. The van der Waals surface area contributed by atoms with Crippen molar-refractivity contribution in [3.8, 4) is 11.5 Å². The predicted octanol–water partition coefficient (Wildman–Crippen LogP) is 3.36. The Labute approximate surface area is 161 Å². The zero-order chi connectivity index (χ0) is 19.5. The number of nitrogens with one attached hydrogen (secondary N) is 1. The van der Waals surface area contributed by atoms with Crippen LogP contribution in [0.4, 0.5) is 0 Å². The van der Waals surface area contributed by atoms with E-state index in [-0.39, 0.29) is 5.91 Å². The molecular formula is C22H28N2O3. The van der Waals surface area contributed by atoms with Crippen LogP contribution in [0.1, 0.15) is 17.5 Å². The zero-order valence-electron chi connectivity index (χ0n) is 16.3. The molecule has 2 aromatic rings. The normalized spacial score (nSPS) is 11.0. The molecule has 0 saturated heterocycles. The van der Waals surface area contributed by atoms with Crippen molar-refractivity contribution in [2.45, 2.75) is 13.0 Å². The molecule has 27 heavy (non-hydrogen) atoms. The van der Waals surface area contributed by atoms with Crippen LogP contribution in [-0.4, -0.2) is 45.2 Å². The fourth-order valence-corrected chi connectivity index (χ4v) is 2.72. The summed E-state index contributed by atoms with van der Waals surface area (Å²) in [5.74, 6) is 1.20. The van der Waals surface area contributed by atoms with Crippen LogP contribution in [0.2, 0.25) is 0 Å². The lowest BCUT2D eigenvalue weighted by molar-refractivity contribution is -0.116. The van der Waals surface area contributed by atoms with Crippen molar-refractivity contribution in [1.29, 1.82) is 0 Å². The van der Waals surface area contributed by atoms with Gasteiger partial charge in [0.1, 0.15) is 0 Å². The molecule has 2 aromatic carbocycles. The minimum Gasteiger partial charge on any atom is -0.493 e. The van der Waals surface area contributed by atoms with E-state index < -0.39 is 0 Å². The average Bonchev–Trinajstić information content (AvgIpc) is 2.70. The highest BCUT2D eigenvalue weighted by molar-refractivity contribution is 5.91. The van der Waals surface area contributed by atoms with Crippen LogP contribution in [0, 0.1) is 0 Å². The van der Waals surface area contributed by atoms with Gasteiger partial charge in [-0.15, -0.1) is 0 Å². The number of hydrogen-bond acceptors (Lipinski definition) is 4. The summed E-state index contributed by atoms with van der Waals surface area (Å²) in [6.07, 6.45) is 4.20. The Morgan fingerprint density at radius 2 is 1.81 bits per heavy atom. The summed E-state index contributed by atoms with van der Waals surface area (Å²) >= 11 is 0. The molecule has 0 aliphatic carbocycles. The molecule has 0 aliphatic heterocycles. The third-order valence-electron chi connectivity index (χ3n) is 4.15. The molecule has 1 amide bonds. The molecule has 0 fully saturated rings. The van der Waals surface area contributed by atoms with Gasteiger partial charge < -0.3 is 19.7 Å². The standard InChI is InChI=1S/C22H28N2O3/c1-24(17-19-8-5-4-6-9-19)15-7-14-23-22(25)13-11-18-10-12-20(26-2)21(16-18)27-3/h4-6,8-13,16H,7,14-15,17H2,1-3H3,(H,23,25). The predicted molar refractivity (Wildman–Crippen MR) is 109 cm³/mol. The molecule has 2 rings (SSSR count). The van der Waals surface area contributed by atoms with Crippen LogP contribution >= 0.6 is 0 Å². The van der Waals surface area contributed by atoms with E-state index in [0.717, 1.165) is 25.1 Å². The molecule has 1 N–H and O–H groups in total. The van der Waals surface area contributed by atoms with Gasteiger partial charge in [-0.3, -0.25) is 4.79 Å². The lowest BCUT2D eigenvalue weighted by atomic mass is 10.2. The zero-order valence-corrected chi connectivity index (χ0v) is 16.3. The van der Waals surface area contributed by atoms with E-state index in [0.29, 0.717) is 18.0 Å². The minimum absolute atomic E-state index is 0.101. The lowest BCUT2D eigenvalue weighted by Gasteiger charge is -2.16. The monoisotopic (exact) mass is 368 g/mol. The Kier molecular flexibility index (Phi) is 8.39. The Balaban J connectivity index is 1.70. The number of hydrogen-bond donors (Lipinski definition) is 1. The smallest absolute Gasteiger partial charge is 0.243 e. The van der Waals surface area contributed by atoms with Crippen molar-refractivity contribution in [3.05, 3.63) is 65.7 Å². The van der Waals surface area contributed by atoms with Crippen LogP contribution in [0.25, 0.3) is 6.08 Å². The van der Waals surface area contributed by atoms with Crippen molar-refractivity contribution in [2.24, 2.45) is 0 Å². The molecule has 0 unspecified atom stereocenters. The summed E-state index contributed by atoms with van der Waals surface area (Å²) in [6, 6.07) is 15.9. The number of rotatable bonds is 10. The molecule has 5 heteroatoms. The number of methoxy groups -OCH3 is 2. The highest BCUT2D eigenvalue weighted by Crippen LogP contribution is 2.27. The lowest BCUT2D eigenvalue weighted by Crippen LogP contribution is -2.26. The van der Waals surface area contributed by atoms with Crippen LogP contribution in [0.5, 0.6) is 11.5 Å². The number of nitrogens with zero attached hydrogens (tertiary/aromatic N) is 1. The molecule has 0 aromatic heterocycles. The molecular weight excluding hydrogens is 340 g/mol. The van der Waals surface area contributed by atoms with Gasteiger partial charge in [-0.05, 0) is 49.3 Å². The Bertz CT molecular complexity index is 744. The summed E-state index contributed by atoms with van der Waals surface area (Å²) in [5, 5.41) is 2.91. The second-order valence-corrected chi connectivity index (χ2v) is 6.32. The van der Waals surface area contributed by atoms with Gasteiger partial charge in [0, 0.05) is 19.2 Å². The quantitative estimate of drug-likeness (QED) is 0.516. The van der Waals surface area contributed by atoms with Crippen molar-refractivity contribution >= 4 is 12.0 Å². The van der Waals surface area contributed by atoms with Gasteiger partial charge in [0.2, 0.25) is 5.91 Å². The summed E-state index contributed by atoms with van der Waals surface area (Å²) < 4.78 is 10.5. The van der Waals surface area contributed by atoms with Crippen molar-refractivity contribution < 1.29 is 14.3 Å². The van der Waals surface area contributed by atoms with Gasteiger partial charge in [0.25, 0.3) is 0 Å². The first-order chi connectivity index (χ1) is 13.1. The molecule has 0 aliphatic rings. The van der Waals surface area contributed by atoms with E-state index >= 15 is 0 Å². The van der Waals surface area contributed by atoms with Crippen LogP contribution in [0.3, 0.4) is 0 Å². The average molecular weight is 368 g/mol. The third kappa shape index (κ3) is 7.15. The number of benzene rings is 2. The first-order valence-electron chi connectivity index (χ1n) is 9.03. The number of amides is 1. The first-order valence-corrected chi connectivity index (χ1v) is 9.03. The molecule has 0 heterocycles. The summed E-state index contributed by atoms with van der Waals surface area (Å²) in [4.78, 5) is 14.2. The summed E-state index contributed by atoms with van der Waals surface area (Å²) in [7, 11) is 5.27. The Hall–Kier alpha value is -2.79. The van der Waals surface area contributed by atoms with E-state index in [1.54, 1.807) is 20.3 Å². The maximum atomic E-state index is 12.0. The first kappa shape index (κ1) is 20.5. The van der Waals surface area contributed by atoms with Crippen LogP contribution in [0.15, 0.2) is 54.6 Å². The number of carbonyl (C=O) groups is 1. The van der Waals surface area contributed by atoms with Gasteiger partial charge in [-0.1, -0.05) is 36.4 Å². The highest BCUT2D eigenvalue weighted by Gasteiger charge is 2.04. The van der Waals surface area contributed by atoms with E-state index in [2.05, 4.69) is 29.4 Å². The van der Waals surface area contributed by atoms with E-state index in [1.165, 1.54) is 11.6 Å². The van der Waals surface area contributed by atoms with E-state index in [1.807, 2.05) is 36.4 Å². The largest absolute Gasteiger partial charge is 0.493 e. The van der Waals surface area contributed by atoms with Crippen LogP contribution < -0.4 is 14.8 Å². The minimum atomic E-state index is -0.101. The Morgan fingerprint density at radius 3 is 2.52 bits per heavy atom. The molecule has 0 atom stereocenters. The van der Waals surface area contributed by atoms with E-state index in [4.69, 9.17) is 9.47 Å². The third-order valence-corrected chi connectivity index (χ3v) is 4.15. The van der Waals surface area contributed by atoms with Crippen molar-refractivity contribution in [3.63, 3.8) is 0 Å². The van der Waals surface area contributed by atoms with Gasteiger partial charge in [-0.25, -0.2) is 0 Å². The molecule has 0 saturated carbocycles. The number of ether oxygens (including phenoxy) is 2. The second-order valence-electron chi connectivity index (χ2n) is 6.32. The topological polar surface area (TPSA) is 50.8 Å². The van der Waals surface area contributed by atoms with Gasteiger partial charge >= 0.3 is 0 Å². The van der Waals surface area contributed by atoms with Crippen molar-refractivity contribution in [2.75, 3.05) is 34.4 Å². The van der Waals surface area contributed by atoms with Crippen molar-refractivity contribution in [1.82, 2.24) is 10.2 Å². The maximum Gasteiger partial charge on any atom is 0.243 e. The second kappa shape index (κ2) is 11.0. The fraction of sp³-hybridized carbons (Fsp3) is 0.318. The fourth-order valence-electron chi connectivity index (χ4n) is 2.72. The maximum absolute atomic E-state index is 12.0. The molecule has 144 valence electrons. The number of carbonyl (C=O) groups excluding carboxylic acids is 1. The van der Waals surface area contributed by atoms with Gasteiger partial charge in [0.15, 0.2) is 11.5 Å². The molecule has 5 nitrogen and oxygen atoms in total.